The first kappa shape index (κ1) is 132. The monoisotopic (exact) mass is 2300 g/mol. The van der Waals surface area contributed by atoms with E-state index < -0.39 is 94.0 Å². The van der Waals surface area contributed by atoms with Crippen molar-refractivity contribution < 1.29 is 131 Å². The van der Waals surface area contributed by atoms with Gasteiger partial charge in [0, 0.05) is 110 Å². The molecule has 150 heavy (non-hydrogen) atoms. The molecule has 0 spiro atoms. The van der Waals surface area contributed by atoms with Gasteiger partial charge in [0.1, 0.15) is 45.2 Å². The summed E-state index contributed by atoms with van der Waals surface area (Å²) in [5.74, 6) is -6.07. The Balaban J connectivity index is 0.000000401. The van der Waals surface area contributed by atoms with Crippen LogP contribution in [0.3, 0.4) is 0 Å². The fourth-order valence-electron chi connectivity index (χ4n) is 19.5. The maximum absolute atomic E-state index is 14.3. The zero-order valence-electron chi connectivity index (χ0n) is 93.6. The van der Waals surface area contributed by atoms with Crippen molar-refractivity contribution in [3.63, 3.8) is 0 Å². The van der Waals surface area contributed by atoms with E-state index in [1.54, 1.807) is 57.2 Å². The largest absolute Gasteiger partial charge is 0.481 e. The quantitative estimate of drug-likeness (QED) is 0.0121. The highest BCUT2D eigenvalue weighted by Crippen LogP contribution is 2.57. The molecular formula is C113H161Cl3F10IN5O18. The Kier molecular flexibility index (Phi) is 51.2. The molecule has 37 heteroatoms. The molecule has 4 atom stereocenters. The first-order valence-electron chi connectivity index (χ1n) is 51.9. The maximum atomic E-state index is 14.3. The number of rotatable bonds is 36. The summed E-state index contributed by atoms with van der Waals surface area (Å²) in [4.78, 5) is 97.1. The zero-order valence-corrected chi connectivity index (χ0v) is 97.0. The van der Waals surface area contributed by atoms with Gasteiger partial charge in [-0.05, 0) is 285 Å². The number of alkyl halides is 10. The number of carboxylic acids is 1. The summed E-state index contributed by atoms with van der Waals surface area (Å²) < 4.78 is 191. The number of ether oxygens (including phenoxy) is 5. The number of nitrogens with two attached hydrogens (primary N) is 1. The summed E-state index contributed by atoms with van der Waals surface area (Å²) in [6.07, 6.45) is -5.38. The molecule has 23 nitrogen and oxygen atoms in total. The first-order chi connectivity index (χ1) is 69.8. The van der Waals surface area contributed by atoms with Crippen molar-refractivity contribution in [2.45, 2.75) is 411 Å². The smallest absolute Gasteiger partial charge is 0.421 e. The molecule has 4 aliphatic carbocycles. The van der Waals surface area contributed by atoms with E-state index in [0.29, 0.717) is 113 Å². The van der Waals surface area contributed by atoms with Crippen molar-refractivity contribution >= 4 is 110 Å². The summed E-state index contributed by atoms with van der Waals surface area (Å²) in [7, 11) is 5.53. The molecule has 7 aromatic rings. The fraction of sp³-hybridized carbons (Fsp3) is 0.664. The number of Topliss-reactive ketones (excluding diaryl/α,β-unsaturated/α-hetero) is 2. The van der Waals surface area contributed by atoms with Gasteiger partial charge in [-0.2, -0.15) is 39.5 Å². The van der Waals surface area contributed by atoms with Gasteiger partial charge in [0.15, 0.2) is 23.0 Å². The van der Waals surface area contributed by atoms with E-state index in [2.05, 4.69) is 136 Å². The number of aliphatic carboxylic acids is 1. The van der Waals surface area contributed by atoms with Crippen LogP contribution in [0.1, 0.15) is 439 Å². The number of anilines is 1. The lowest BCUT2D eigenvalue weighted by molar-refractivity contribution is -0.156. The normalized spacial score (nSPS) is 18.5. The Labute approximate surface area is 909 Å². The topological polar surface area (TPSA) is 333 Å². The first-order valence-corrected chi connectivity index (χ1v) is 53.1. The number of ketones is 2. The minimum atomic E-state index is -4.73. The van der Waals surface area contributed by atoms with Crippen LogP contribution in [0.15, 0.2) is 72.7 Å². The number of halogens is 14. The molecule has 4 aromatic heterocycles. The Bertz CT molecular complexity index is 5500. The average molecular weight is 2300 g/mol. The average Bonchev–Trinajstić information content (AvgIpc) is 1.63. The predicted octanol–water partition coefficient (Wildman–Crippen LogP) is 32.4. The number of aromatic nitrogens is 4. The number of carboxylic acid groups (broad SMARTS) is 1. The number of aryl methyl sites for hydroxylation is 3. The maximum Gasteiger partial charge on any atom is 0.421 e. The molecule has 0 radical (unpaired) electrons. The summed E-state index contributed by atoms with van der Waals surface area (Å²) in [6.45, 7) is 46.0. The van der Waals surface area contributed by atoms with Crippen molar-refractivity contribution in [1.29, 1.82) is 0 Å². The van der Waals surface area contributed by atoms with Crippen LogP contribution in [0, 0.1) is 69.7 Å². The molecule has 4 fully saturated rings. The molecule has 844 valence electrons. The van der Waals surface area contributed by atoms with Gasteiger partial charge in [-0.1, -0.05) is 190 Å². The van der Waals surface area contributed by atoms with Gasteiger partial charge < -0.3 is 52.6 Å². The van der Waals surface area contributed by atoms with Crippen molar-refractivity contribution in [2.75, 3.05) is 34.2 Å². The van der Waals surface area contributed by atoms with Gasteiger partial charge >= 0.3 is 54.3 Å². The van der Waals surface area contributed by atoms with Crippen LogP contribution in [0.4, 0.5) is 49.6 Å². The number of nitrogens with zero attached hydrogens (tertiary/aromatic N) is 4. The minimum Gasteiger partial charge on any atom is -0.481 e. The van der Waals surface area contributed by atoms with Crippen LogP contribution in [0.25, 0.3) is 0 Å². The summed E-state index contributed by atoms with van der Waals surface area (Å²) in [5.41, 5.74) is 6.47. The number of hydrogen-bond donors (Lipinski definition) is 2. The Morgan fingerprint density at radius 2 is 0.653 bits per heavy atom. The third-order valence-corrected chi connectivity index (χ3v) is 27.9. The summed E-state index contributed by atoms with van der Waals surface area (Å²) in [6, 6.07) is 16.1. The van der Waals surface area contributed by atoms with Gasteiger partial charge in [-0.15, -0.1) is 0 Å². The molecular weight excluding hydrogens is 2140 g/mol. The van der Waals surface area contributed by atoms with Crippen molar-refractivity contribution in [3.05, 3.63) is 164 Å². The summed E-state index contributed by atoms with van der Waals surface area (Å²) in [5, 5.41) is 26.4. The van der Waals surface area contributed by atoms with Crippen molar-refractivity contribution in [2.24, 2.45) is 45.3 Å². The van der Waals surface area contributed by atoms with Crippen molar-refractivity contribution in [3.8, 4) is 0 Å². The van der Waals surface area contributed by atoms with E-state index in [4.69, 9.17) is 79.3 Å². The van der Waals surface area contributed by atoms with Crippen LogP contribution >= 0.6 is 57.4 Å². The Hall–Kier alpha value is -8.64. The highest BCUT2D eigenvalue weighted by molar-refractivity contribution is 14.1. The SMILES string of the molecule is CC.CF.COC(=O)CCC(CC(=O)Cc1ccc(C)cc1Cl)c1noc(C2CC(CC(C)(C)C)C2)c1C(F)(F)F.COC(=O)CCC(CC(=O)OC(C)(C)C)c1noc(C2CC(CC(C)(C)C)C2)c1C(F)(F)F.COC(=O)CCC(CC(=O)OC(C)(C)C)c1noc(C2CC(CC(C)(C)C)C2)c1I.Cc1ccc(CC(=O)CC(CCC(=O)O)c2noc(C3CC(CC(C)(C)C)C3)c2C(F)(F)F)c(Cl)c1.Cc1ccc(N)c(Cl)c1.[2H]C. The van der Waals surface area contributed by atoms with E-state index >= 15 is 0 Å². The van der Waals surface area contributed by atoms with E-state index in [-0.39, 0.29) is 175 Å². The number of carbonyl (C=O) groups excluding carboxylic acids is 7. The van der Waals surface area contributed by atoms with Gasteiger partial charge in [0.05, 0.1) is 72.7 Å². The van der Waals surface area contributed by atoms with Gasteiger partial charge in [-0.3, -0.25) is 42.7 Å². The molecule has 0 bridgehead atoms. The molecule has 0 saturated heterocycles. The Morgan fingerprint density at radius 3 is 0.900 bits per heavy atom. The molecule has 4 unspecified atom stereocenters. The second kappa shape index (κ2) is 58.2. The van der Waals surface area contributed by atoms with Crippen LogP contribution in [-0.4, -0.2) is 113 Å². The van der Waals surface area contributed by atoms with Gasteiger partial charge in [0.2, 0.25) is 0 Å². The number of methoxy groups -OCH3 is 3. The highest BCUT2D eigenvalue weighted by Gasteiger charge is 2.52. The van der Waals surface area contributed by atoms with E-state index in [1.807, 2.05) is 73.6 Å². The highest BCUT2D eigenvalue weighted by atomic mass is 127. The molecule has 4 heterocycles. The number of hydrogen-bond acceptors (Lipinski definition) is 22. The molecule has 0 aliphatic heterocycles. The van der Waals surface area contributed by atoms with Crippen LogP contribution < -0.4 is 5.73 Å². The molecule has 3 aromatic carbocycles. The molecule has 11 rings (SSSR count). The Morgan fingerprint density at radius 1 is 0.407 bits per heavy atom. The second-order valence-electron chi connectivity index (χ2n) is 46.6. The fourth-order valence-corrected chi connectivity index (χ4v) is 21.5. The molecule has 0 amide bonds. The van der Waals surface area contributed by atoms with Crippen LogP contribution in [0.5, 0.6) is 0 Å². The minimum absolute atomic E-state index is 0.0214. The standard InChI is InChI=1S/C28H35ClF3NO4.C27H33ClF3NO4.C24H36F3NO5.C23H36INO5.C7H8ClN.C2H6.CH3F.CH4/c1-16-6-7-18(22(29)10-16)13-21(34)14-19(8-9-23(35)36-5)25-24(28(30,31)32)26(37-33-25)20-11-17(12-20)15-27(2,3)4;1-15-5-6-17(21(28)9-15)12-20(33)13-18(7-8-22(34)35)24-23(27(29,30)31)25(36-32-24)19-10-16(11-19)14-26(2,3)4;1-22(2,3)13-14-10-16(11-14)21-19(24(25,26)27)20(28-33-21)15(8-9-17(29)31-7)12-18(30)32-23(4,5)6;1-22(2,3)13-14-10-16(11-14)21-19(24)20(25-30-21)15(8-9-17(26)28-7)12-18(27)29-23(4,5)6;1-5-2-3-7(9)6(8)4-5;2*1-2;/h6-7,10,17,19-20H,8-9,11-15H2,1-5H3;5-6,9,16,18-19H,7-8,10-14H2,1-4H3,(H,34,35);14-16H,8-13H2,1-7H3;14-16H,8-13H2,1-7H3;2-4H,9H2,1H3;1-2H3;1H3;1H4/i;;;;;;;1D. The van der Waals surface area contributed by atoms with Crippen LogP contribution in [-0.2, 0) is 93.4 Å². The molecule has 4 saturated carbocycles. The molecule has 3 N–H and O–H groups in total. The number of benzene rings is 3. The van der Waals surface area contributed by atoms with E-state index in [1.165, 1.54) is 35.2 Å². The lowest BCUT2D eigenvalue weighted by Crippen LogP contribution is -2.28. The predicted molar refractivity (Wildman–Crippen MR) is 569 cm³/mol. The van der Waals surface area contributed by atoms with Gasteiger partial charge in [-0.25, -0.2) is 0 Å². The second-order valence-corrected chi connectivity index (χ2v) is 48.9. The molecule has 4 aliphatic rings. The zero-order chi connectivity index (χ0) is 115. The lowest BCUT2D eigenvalue weighted by Gasteiger charge is -2.38. The number of nitrogen functional groups attached to an aromatic ring is 1. The van der Waals surface area contributed by atoms with Gasteiger partial charge in [0.25, 0.3) is 0 Å². The number of carbonyl (C=O) groups is 8. The van der Waals surface area contributed by atoms with E-state index in [0.717, 1.165) is 69.7 Å². The lowest BCUT2D eigenvalue weighted by atomic mass is 9.67. The number of esters is 5. The van der Waals surface area contributed by atoms with E-state index in [9.17, 15) is 82.3 Å². The third kappa shape index (κ3) is 44.7. The van der Waals surface area contributed by atoms with Crippen molar-refractivity contribution in [1.82, 2.24) is 20.6 Å². The third-order valence-electron chi connectivity index (χ3n) is 25.8. The summed E-state index contributed by atoms with van der Waals surface area (Å²) >= 11 is 20.4. The van der Waals surface area contributed by atoms with Crippen LogP contribution in [0.2, 0.25) is 15.1 Å².